The smallest absolute Gasteiger partial charge is 0.127 e. The molecule has 0 spiro atoms. The van der Waals surface area contributed by atoms with Gasteiger partial charge in [-0.3, -0.25) is 4.98 Å². The van der Waals surface area contributed by atoms with Crippen LogP contribution in [0.2, 0.25) is 0 Å². The number of nitrogens with zero attached hydrogens (tertiary/aromatic N) is 1. The van der Waals surface area contributed by atoms with Crippen molar-refractivity contribution in [2.45, 2.75) is 31.7 Å². The van der Waals surface area contributed by atoms with Crippen LogP contribution in [-0.2, 0) is 12.8 Å². The number of fused-ring (bicyclic) bond motifs is 1. The SMILES string of the molecule is CNC(CCc1cccnc1)c1cccc2c1OCCC2. The molecule has 21 heavy (non-hydrogen) atoms. The normalized spacial score (nSPS) is 15.1. The fourth-order valence-corrected chi connectivity index (χ4v) is 3.00. The molecule has 1 aromatic heterocycles. The van der Waals surface area contributed by atoms with Crippen molar-refractivity contribution in [3.8, 4) is 5.75 Å². The molecule has 0 bridgehead atoms. The van der Waals surface area contributed by atoms with Crippen molar-refractivity contribution in [3.63, 3.8) is 0 Å². The van der Waals surface area contributed by atoms with E-state index in [0.717, 1.165) is 38.0 Å². The Kier molecular flexibility index (Phi) is 4.51. The van der Waals surface area contributed by atoms with Gasteiger partial charge in [-0.2, -0.15) is 0 Å². The van der Waals surface area contributed by atoms with E-state index < -0.39 is 0 Å². The topological polar surface area (TPSA) is 34.2 Å². The zero-order chi connectivity index (χ0) is 14.5. The molecule has 3 heteroatoms. The van der Waals surface area contributed by atoms with E-state index in [0.29, 0.717) is 6.04 Å². The van der Waals surface area contributed by atoms with Gasteiger partial charge in [0.1, 0.15) is 5.75 Å². The second-order valence-corrected chi connectivity index (χ2v) is 5.53. The summed E-state index contributed by atoms with van der Waals surface area (Å²) in [7, 11) is 2.02. The molecule has 2 heterocycles. The molecule has 1 unspecified atom stereocenters. The van der Waals surface area contributed by atoms with Gasteiger partial charge in [0, 0.05) is 24.0 Å². The third kappa shape index (κ3) is 3.24. The highest BCUT2D eigenvalue weighted by Crippen LogP contribution is 2.34. The van der Waals surface area contributed by atoms with E-state index in [-0.39, 0.29) is 0 Å². The molecule has 1 aliphatic heterocycles. The van der Waals surface area contributed by atoms with Crippen LogP contribution in [0.3, 0.4) is 0 Å². The van der Waals surface area contributed by atoms with E-state index in [4.69, 9.17) is 4.74 Å². The highest BCUT2D eigenvalue weighted by atomic mass is 16.5. The van der Waals surface area contributed by atoms with Crippen LogP contribution >= 0.6 is 0 Å². The molecular weight excluding hydrogens is 260 g/mol. The molecule has 1 atom stereocenters. The number of aryl methyl sites for hydroxylation is 2. The molecule has 0 amide bonds. The van der Waals surface area contributed by atoms with Crippen molar-refractivity contribution < 1.29 is 4.74 Å². The highest BCUT2D eigenvalue weighted by molar-refractivity contribution is 5.44. The van der Waals surface area contributed by atoms with Crippen LogP contribution in [-0.4, -0.2) is 18.6 Å². The number of ether oxygens (including phenoxy) is 1. The summed E-state index contributed by atoms with van der Waals surface area (Å²) in [5.74, 6) is 1.11. The molecular formula is C18H22N2O. The van der Waals surface area contributed by atoms with Crippen LogP contribution in [0.5, 0.6) is 5.75 Å². The van der Waals surface area contributed by atoms with E-state index >= 15 is 0 Å². The Hall–Kier alpha value is -1.87. The molecule has 0 aliphatic carbocycles. The number of nitrogens with one attached hydrogen (secondary N) is 1. The first-order valence-corrected chi connectivity index (χ1v) is 7.69. The maximum atomic E-state index is 5.94. The number of rotatable bonds is 5. The first-order valence-electron chi connectivity index (χ1n) is 7.69. The summed E-state index contributed by atoms with van der Waals surface area (Å²) in [6.45, 7) is 0.836. The summed E-state index contributed by atoms with van der Waals surface area (Å²) in [6.07, 6.45) is 8.08. The molecule has 1 N–H and O–H groups in total. The summed E-state index contributed by atoms with van der Waals surface area (Å²) in [6, 6.07) is 11.0. The minimum absolute atomic E-state index is 0.318. The van der Waals surface area contributed by atoms with Gasteiger partial charge >= 0.3 is 0 Å². The number of hydrogen-bond acceptors (Lipinski definition) is 3. The molecule has 0 fully saturated rings. The van der Waals surface area contributed by atoms with Crippen LogP contribution in [0.15, 0.2) is 42.7 Å². The quantitative estimate of drug-likeness (QED) is 0.913. The van der Waals surface area contributed by atoms with Gasteiger partial charge in [0.15, 0.2) is 0 Å². The Balaban J connectivity index is 1.77. The van der Waals surface area contributed by atoms with E-state index in [9.17, 15) is 0 Å². The average molecular weight is 282 g/mol. The number of benzene rings is 1. The lowest BCUT2D eigenvalue weighted by molar-refractivity contribution is 0.281. The maximum Gasteiger partial charge on any atom is 0.127 e. The monoisotopic (exact) mass is 282 g/mol. The molecule has 2 aromatic rings. The minimum atomic E-state index is 0.318. The predicted octanol–water partition coefficient (Wildman–Crippen LogP) is 3.30. The zero-order valence-corrected chi connectivity index (χ0v) is 12.5. The van der Waals surface area contributed by atoms with Gasteiger partial charge in [-0.1, -0.05) is 24.3 Å². The largest absolute Gasteiger partial charge is 0.493 e. The fraction of sp³-hybridized carbons (Fsp3) is 0.389. The first kappa shape index (κ1) is 14.1. The van der Waals surface area contributed by atoms with E-state index in [2.05, 4.69) is 34.6 Å². The van der Waals surface area contributed by atoms with Gasteiger partial charge in [-0.05, 0) is 49.9 Å². The molecule has 0 saturated heterocycles. The van der Waals surface area contributed by atoms with Gasteiger partial charge in [-0.15, -0.1) is 0 Å². The van der Waals surface area contributed by atoms with Crippen molar-refractivity contribution in [2.24, 2.45) is 0 Å². The summed E-state index contributed by atoms with van der Waals surface area (Å²) >= 11 is 0. The molecule has 0 radical (unpaired) electrons. The van der Waals surface area contributed by atoms with Gasteiger partial charge in [-0.25, -0.2) is 0 Å². The maximum absolute atomic E-state index is 5.94. The molecule has 0 saturated carbocycles. The summed E-state index contributed by atoms with van der Waals surface area (Å²) in [4.78, 5) is 4.19. The lowest BCUT2D eigenvalue weighted by Crippen LogP contribution is -2.20. The Morgan fingerprint density at radius 3 is 3.05 bits per heavy atom. The van der Waals surface area contributed by atoms with Crippen LogP contribution in [0.1, 0.15) is 35.6 Å². The lowest BCUT2D eigenvalue weighted by Gasteiger charge is -2.25. The predicted molar refractivity (Wildman–Crippen MR) is 84.6 cm³/mol. The van der Waals surface area contributed by atoms with Crippen LogP contribution in [0.25, 0.3) is 0 Å². The average Bonchev–Trinajstić information content (AvgIpc) is 2.56. The standard InChI is InChI=1S/C18H22N2O/c1-19-17(10-9-14-5-3-11-20-13-14)16-8-2-6-15-7-4-12-21-18(15)16/h2-3,5-6,8,11,13,17,19H,4,7,9-10,12H2,1H3. The molecule has 3 nitrogen and oxygen atoms in total. The van der Waals surface area contributed by atoms with Crippen molar-refractivity contribution in [1.82, 2.24) is 10.3 Å². The van der Waals surface area contributed by atoms with E-state index in [1.54, 1.807) is 0 Å². The molecule has 1 aliphatic rings. The second kappa shape index (κ2) is 6.72. The molecule has 3 rings (SSSR count). The third-order valence-electron chi connectivity index (χ3n) is 4.13. The van der Waals surface area contributed by atoms with Gasteiger partial charge < -0.3 is 10.1 Å². The first-order chi connectivity index (χ1) is 10.4. The Bertz CT molecular complexity index is 583. The number of pyridine rings is 1. The van der Waals surface area contributed by atoms with Gasteiger partial charge in [0.2, 0.25) is 0 Å². The number of para-hydroxylation sites is 1. The van der Waals surface area contributed by atoms with Crippen LogP contribution in [0, 0.1) is 0 Å². The molecule has 110 valence electrons. The minimum Gasteiger partial charge on any atom is -0.493 e. The van der Waals surface area contributed by atoms with Crippen molar-refractivity contribution >= 4 is 0 Å². The van der Waals surface area contributed by atoms with Crippen molar-refractivity contribution in [3.05, 3.63) is 59.4 Å². The Morgan fingerprint density at radius 2 is 2.24 bits per heavy atom. The Morgan fingerprint density at radius 1 is 1.29 bits per heavy atom. The van der Waals surface area contributed by atoms with Crippen molar-refractivity contribution in [1.29, 1.82) is 0 Å². The number of aromatic nitrogens is 1. The lowest BCUT2D eigenvalue weighted by atomic mass is 9.94. The van der Waals surface area contributed by atoms with Gasteiger partial charge in [0.25, 0.3) is 0 Å². The summed E-state index contributed by atoms with van der Waals surface area (Å²) < 4.78 is 5.94. The Labute approximate surface area is 126 Å². The zero-order valence-electron chi connectivity index (χ0n) is 12.5. The van der Waals surface area contributed by atoms with Crippen LogP contribution in [0.4, 0.5) is 0 Å². The summed E-state index contributed by atoms with van der Waals surface area (Å²) in [5.41, 5.74) is 3.92. The van der Waals surface area contributed by atoms with E-state index in [1.165, 1.54) is 16.7 Å². The van der Waals surface area contributed by atoms with Crippen molar-refractivity contribution in [2.75, 3.05) is 13.7 Å². The second-order valence-electron chi connectivity index (χ2n) is 5.53. The summed E-state index contributed by atoms with van der Waals surface area (Å²) in [5, 5.41) is 3.44. The fourth-order valence-electron chi connectivity index (χ4n) is 3.00. The van der Waals surface area contributed by atoms with E-state index in [1.807, 2.05) is 25.5 Å². The highest BCUT2D eigenvalue weighted by Gasteiger charge is 2.19. The third-order valence-corrected chi connectivity index (χ3v) is 4.13. The molecule has 1 aromatic carbocycles. The number of hydrogen-bond donors (Lipinski definition) is 1. The van der Waals surface area contributed by atoms with Crippen LogP contribution < -0.4 is 10.1 Å². The van der Waals surface area contributed by atoms with Gasteiger partial charge in [0.05, 0.1) is 6.61 Å².